The van der Waals surface area contributed by atoms with Crippen LogP contribution in [0.25, 0.3) is 0 Å². The number of nitrogens with two attached hydrogens (primary N) is 4. The number of nitrogens with zero attached hydrogens (tertiary/aromatic N) is 5. The number of unbranched alkanes of at least 4 members (excludes halogenated alkanes) is 2. The van der Waals surface area contributed by atoms with Gasteiger partial charge in [0.1, 0.15) is 48.3 Å². The molecule has 119 heavy (non-hydrogen) atoms. The normalized spacial score (nSPS) is 22.0. The highest BCUT2D eigenvalue weighted by molar-refractivity contribution is 7.58. The fourth-order valence-electron chi connectivity index (χ4n) is 12.7. The summed E-state index contributed by atoms with van der Waals surface area (Å²) in [7, 11) is -10.4. The highest BCUT2D eigenvalue weighted by atomic mass is 31.2. The quantitative estimate of drug-likeness (QED) is 0.0128. The van der Waals surface area contributed by atoms with E-state index >= 15 is 0 Å². The van der Waals surface area contributed by atoms with Gasteiger partial charge in [0, 0.05) is 97.0 Å². The number of nitrogens with one attached hydrogen (secondary N) is 12. The number of aliphatic carboxylic acids is 3. The minimum absolute atomic E-state index is 0.0289. The van der Waals surface area contributed by atoms with Gasteiger partial charge in [-0.2, -0.15) is 0 Å². The molecule has 0 aliphatic carbocycles. The van der Waals surface area contributed by atoms with Gasteiger partial charge in [-0.05, 0) is 75.3 Å². The predicted octanol–water partition coefficient (Wildman–Crippen LogP) is -5.35. The van der Waals surface area contributed by atoms with E-state index in [1.807, 2.05) is 0 Å². The second-order valence-corrected chi connectivity index (χ2v) is 35.5. The first-order valence-corrected chi connectivity index (χ1v) is 44.7. The van der Waals surface area contributed by atoms with Crippen molar-refractivity contribution in [3.05, 3.63) is 71.8 Å². The van der Waals surface area contributed by atoms with Gasteiger partial charge < -0.3 is 112 Å². The number of amides is 12. The van der Waals surface area contributed by atoms with Crippen molar-refractivity contribution in [3.63, 3.8) is 0 Å². The average Bonchev–Trinajstić information content (AvgIpc) is 1.82. The second-order valence-electron chi connectivity index (χ2n) is 29.0. The van der Waals surface area contributed by atoms with E-state index in [1.165, 1.54) is 0 Å². The summed E-state index contributed by atoms with van der Waals surface area (Å²) in [6.07, 6.45) is -4.85. The van der Waals surface area contributed by atoms with Gasteiger partial charge in [0.2, 0.25) is 85.6 Å². The largest absolute Gasteiger partial charge is 0.481 e. The molecule has 0 radical (unpaired) electrons. The number of carbonyl (C=O) groups is 15. The molecule has 44 nitrogen and oxygen atoms in total. The summed E-state index contributed by atoms with van der Waals surface area (Å²) in [6, 6.07) is 5.05. The van der Waals surface area contributed by atoms with Gasteiger partial charge in [-0.15, -0.1) is 0 Å². The fraction of sp³-hybridized carbons (Fsp3) is 0.597. The van der Waals surface area contributed by atoms with Gasteiger partial charge in [0.05, 0.1) is 51.3 Å². The van der Waals surface area contributed by atoms with Crippen LogP contribution in [0.1, 0.15) is 107 Å². The maximum absolute atomic E-state index is 14.3. The third kappa shape index (κ3) is 40.6. The van der Waals surface area contributed by atoms with Crippen LogP contribution in [0.5, 0.6) is 0 Å². The topological polar surface area (TPSA) is 691 Å². The van der Waals surface area contributed by atoms with Crippen molar-refractivity contribution in [3.8, 4) is 0 Å². The first kappa shape index (κ1) is 99.0. The SMILES string of the molecule is NC(N)=NCCC[C@@H]1NC(=O)[C@H](CCCCNC(=O)CC[P+](=O)CN2CCN(CP(=O)(O)CCC(=O)O)CCN(CP(=O)(O)CCC(=O)NCCCC[C@@H]3NC(=O)[C@@H](Cc4ccccc4)NC(=O)[C@H](CC(=O)O)NC(=O)CNC(=O)[C@H](CCCN=C(N)N)NC3=O)CC2)NC(=O)[C@@H](Cc2ccccc2)NC(=O)[C@H](CC(=O)O)NC(=O)CNC1=O. The lowest BCUT2D eigenvalue weighted by Crippen LogP contribution is -2.58. The zero-order chi connectivity index (χ0) is 87.6. The van der Waals surface area contributed by atoms with Crippen LogP contribution in [0.2, 0.25) is 0 Å². The molecule has 0 saturated carbocycles. The Kier molecular flexibility index (Phi) is 43.0. The molecule has 3 saturated heterocycles. The predicted molar refractivity (Wildman–Crippen MR) is 432 cm³/mol. The van der Waals surface area contributed by atoms with Crippen LogP contribution < -0.4 is 86.7 Å². The van der Waals surface area contributed by atoms with E-state index in [2.05, 4.69) is 73.8 Å². The van der Waals surface area contributed by atoms with E-state index in [0.717, 1.165) is 0 Å². The number of carboxylic acids is 3. The van der Waals surface area contributed by atoms with Gasteiger partial charge in [-0.3, -0.25) is 106 Å². The average molecular weight is 1730 g/mol. The Bertz CT molecular complexity index is 4000. The molecule has 3 aliphatic rings. The first-order valence-electron chi connectivity index (χ1n) is 39.0. The van der Waals surface area contributed by atoms with Gasteiger partial charge >= 0.3 is 25.7 Å². The Morgan fingerprint density at radius 3 is 1.14 bits per heavy atom. The summed E-state index contributed by atoms with van der Waals surface area (Å²) in [5, 5.41) is 58.9. The van der Waals surface area contributed by atoms with Gasteiger partial charge in [0.15, 0.2) is 24.4 Å². The summed E-state index contributed by atoms with van der Waals surface area (Å²) in [5.41, 5.74) is 23.0. The van der Waals surface area contributed by atoms with Crippen molar-refractivity contribution in [2.45, 2.75) is 157 Å². The summed E-state index contributed by atoms with van der Waals surface area (Å²) in [6.45, 7) is -0.724. The maximum atomic E-state index is 14.3. The van der Waals surface area contributed by atoms with E-state index < -0.39 is 223 Å². The smallest absolute Gasteiger partial charge is 0.354 e. The molecule has 47 heteroatoms. The van der Waals surface area contributed by atoms with Gasteiger partial charge in [-0.25, -0.2) is 0 Å². The number of hydrogen-bond donors (Lipinski definition) is 21. The van der Waals surface area contributed by atoms with Crippen LogP contribution in [-0.2, 0) is 98.5 Å². The number of guanidine groups is 2. The van der Waals surface area contributed by atoms with Crippen LogP contribution in [0.15, 0.2) is 70.6 Å². The van der Waals surface area contributed by atoms with Crippen molar-refractivity contribution in [1.82, 2.24) is 78.5 Å². The molecule has 3 fully saturated rings. The molecule has 0 aromatic heterocycles. The van der Waals surface area contributed by atoms with Crippen LogP contribution >= 0.6 is 22.5 Å². The third-order valence-electron chi connectivity index (χ3n) is 19.0. The number of rotatable bonds is 41. The van der Waals surface area contributed by atoms with Crippen molar-refractivity contribution in [2.24, 2.45) is 32.9 Å². The summed E-state index contributed by atoms with van der Waals surface area (Å²) < 4.78 is 41.2. The van der Waals surface area contributed by atoms with Crippen molar-refractivity contribution < 1.29 is 111 Å². The van der Waals surface area contributed by atoms with Gasteiger partial charge in [-0.1, -0.05) is 65.2 Å². The number of aliphatic imine (C=N–C) groups is 2. The lowest BCUT2D eigenvalue weighted by Gasteiger charge is -2.28. The molecule has 0 spiro atoms. The molecule has 658 valence electrons. The van der Waals surface area contributed by atoms with Crippen LogP contribution in [-0.4, -0.2) is 305 Å². The van der Waals surface area contributed by atoms with E-state index in [1.54, 1.807) is 75.4 Å². The van der Waals surface area contributed by atoms with E-state index in [-0.39, 0.29) is 173 Å². The zero-order valence-electron chi connectivity index (χ0n) is 66.1. The van der Waals surface area contributed by atoms with Gasteiger partial charge in [0.25, 0.3) is 0 Å². The Balaban J connectivity index is 1.20. The summed E-state index contributed by atoms with van der Waals surface area (Å²) in [5.74, 6) is -15.0. The Hall–Kier alpha value is -10.6. The fourth-order valence-corrected chi connectivity index (χ4v) is 17.2. The minimum atomic E-state index is -4.20. The molecule has 3 aliphatic heterocycles. The zero-order valence-corrected chi connectivity index (χ0v) is 68.8. The summed E-state index contributed by atoms with van der Waals surface area (Å²) in [4.78, 5) is 234. The molecule has 0 bridgehead atoms. The van der Waals surface area contributed by atoms with E-state index in [4.69, 9.17) is 22.9 Å². The highest BCUT2D eigenvalue weighted by Crippen LogP contribution is 2.43. The Morgan fingerprint density at radius 1 is 0.429 bits per heavy atom. The second kappa shape index (κ2) is 51.7. The van der Waals surface area contributed by atoms with E-state index in [0.29, 0.717) is 11.1 Å². The number of hydrogen-bond acceptors (Lipinski definition) is 23. The van der Waals surface area contributed by atoms with Crippen LogP contribution in [0.4, 0.5) is 0 Å². The molecule has 2 aromatic carbocycles. The van der Waals surface area contributed by atoms with Crippen molar-refractivity contribution in [2.75, 3.05) is 116 Å². The first-order chi connectivity index (χ1) is 56.4. The molecule has 25 N–H and O–H groups in total. The van der Waals surface area contributed by atoms with Crippen molar-refractivity contribution >= 4 is 123 Å². The lowest BCUT2D eigenvalue weighted by molar-refractivity contribution is -0.141. The third-order valence-corrected chi connectivity index (χ3v) is 24.0. The monoisotopic (exact) mass is 1730 g/mol. The van der Waals surface area contributed by atoms with E-state index in [9.17, 15) is 111 Å². The van der Waals surface area contributed by atoms with Crippen LogP contribution in [0, 0.1) is 0 Å². The summed E-state index contributed by atoms with van der Waals surface area (Å²) >= 11 is 0. The van der Waals surface area contributed by atoms with Crippen LogP contribution in [0.3, 0.4) is 0 Å². The maximum Gasteiger partial charge on any atom is 0.354 e. The molecule has 2 aromatic rings. The molecule has 5 rings (SSSR count). The molecular formula is C72H113N21O23P3+. The molecule has 12 amide bonds. The lowest BCUT2D eigenvalue weighted by atomic mass is 10.0. The molecular weight excluding hydrogens is 1620 g/mol. The van der Waals surface area contributed by atoms with Crippen molar-refractivity contribution in [1.29, 1.82) is 0 Å². The number of benzene rings is 2. The highest BCUT2D eigenvalue weighted by Gasteiger charge is 2.38. The number of carboxylic acid groups (broad SMARTS) is 3. The molecule has 3 heterocycles. The minimum Gasteiger partial charge on any atom is -0.481 e. The molecule has 3 unspecified atom stereocenters. The standard InChI is InChI=1S/C72H112N21O23P3/c73-71(74)79-26-11-19-48-63(104)81-41-58(96)83-54(39-61(100)101)69(110)89-52(37-46-13-3-1-4-14-46)67(108)87-50(65(106)85-48)17-7-9-24-77-56(94)21-34-117(112)43-91-28-30-92(32-33-93(31-29-91)45-119(115,116)36-23-60(98)99)44-118(113,114)35-22-57(95)78-25-10-8-18-51-66(107)86-49(20-12-27-80-72(75)76)64(105)82-42-59(97)84-55(40-62(102)103)70(111)90-53(68(109)88-51)38-47-15-5-2-6-16-47/h1-6,13-16,48-55H,7-12,17-45H2,(H24-,73,74,75,76,77,78,79,80,81,82,83,84,85,86,87,88,89,90,94,95,96,97,98,99,100,101,102,103,104,105,106,107,108,109,110,111,113,114,115,116)/p+1/t48-,49-,50-,51-,52+,53+,54-,55-/m0/s1. The molecule has 11 atom stereocenters. The Labute approximate surface area is 687 Å². The number of carbonyl (C=O) groups excluding carboxylic acids is 12. The Morgan fingerprint density at radius 2 is 0.765 bits per heavy atom.